The van der Waals surface area contributed by atoms with Gasteiger partial charge in [0.2, 0.25) is 10.0 Å². The van der Waals surface area contributed by atoms with E-state index in [0.717, 1.165) is 42.8 Å². The first kappa shape index (κ1) is 20.4. The van der Waals surface area contributed by atoms with Gasteiger partial charge in [0.05, 0.1) is 34.1 Å². The van der Waals surface area contributed by atoms with E-state index in [4.69, 9.17) is 10.2 Å². The second kappa shape index (κ2) is 8.46. The van der Waals surface area contributed by atoms with Crippen molar-refractivity contribution < 1.29 is 8.42 Å². The summed E-state index contributed by atoms with van der Waals surface area (Å²) < 4.78 is 29.7. The maximum absolute atomic E-state index is 13.0. The van der Waals surface area contributed by atoms with Gasteiger partial charge in [-0.15, -0.1) is 0 Å². The molecule has 0 atom stereocenters. The van der Waals surface area contributed by atoms with Crippen LogP contribution >= 0.6 is 0 Å². The highest BCUT2D eigenvalue weighted by atomic mass is 32.2. The largest absolute Gasteiger partial charge is 0.378 e. The number of anilines is 1. The van der Waals surface area contributed by atoms with Crippen LogP contribution in [0.15, 0.2) is 47.4 Å². The molecule has 0 unspecified atom stereocenters. The van der Waals surface area contributed by atoms with Crippen LogP contribution in [0.4, 0.5) is 5.69 Å². The third-order valence-corrected chi connectivity index (χ3v) is 7.43. The Morgan fingerprint density at radius 3 is 2.50 bits per heavy atom. The van der Waals surface area contributed by atoms with E-state index in [1.54, 1.807) is 28.6 Å². The average Bonchev–Trinajstić information content (AvgIpc) is 3.15. The molecule has 30 heavy (non-hydrogen) atoms. The number of aryl methyl sites for hydroxylation is 1. The molecule has 1 aliphatic rings. The molecule has 1 N–H and O–H groups in total. The standard InChI is InChI=1S/C22H25N5O2S/c1-2-27-21-11-10-19(30(28,29)26-12-4-3-5-13-26)14-20(21)25-22(27)16-24-18-8-6-17(15-23)7-9-18/h6-11,14,24H,2-5,12-13,16H2,1H3. The number of piperidine rings is 1. The Morgan fingerprint density at radius 2 is 1.83 bits per heavy atom. The minimum atomic E-state index is -3.48. The molecule has 0 aliphatic carbocycles. The number of fused-ring (bicyclic) bond motifs is 1. The van der Waals surface area contributed by atoms with E-state index in [2.05, 4.69) is 16.0 Å². The summed E-state index contributed by atoms with van der Waals surface area (Å²) in [6.07, 6.45) is 2.91. The Labute approximate surface area is 177 Å². The fourth-order valence-electron chi connectivity index (χ4n) is 3.91. The molecule has 156 valence electrons. The Kier molecular flexibility index (Phi) is 5.75. The van der Waals surface area contributed by atoms with E-state index >= 15 is 0 Å². The normalized spacial score (nSPS) is 15.2. The summed E-state index contributed by atoms with van der Waals surface area (Å²) in [4.78, 5) is 5.03. The van der Waals surface area contributed by atoms with Gasteiger partial charge < -0.3 is 9.88 Å². The topological polar surface area (TPSA) is 91.0 Å². The van der Waals surface area contributed by atoms with Gasteiger partial charge in [-0.25, -0.2) is 13.4 Å². The highest BCUT2D eigenvalue weighted by molar-refractivity contribution is 7.89. The van der Waals surface area contributed by atoms with Crippen LogP contribution in [-0.4, -0.2) is 35.4 Å². The van der Waals surface area contributed by atoms with E-state index in [1.165, 1.54) is 0 Å². The summed E-state index contributed by atoms with van der Waals surface area (Å²) in [5, 5.41) is 12.2. The van der Waals surface area contributed by atoms with Crippen LogP contribution in [-0.2, 0) is 23.1 Å². The fourth-order valence-corrected chi connectivity index (χ4v) is 5.44. The molecule has 1 aromatic heterocycles. The molecule has 1 fully saturated rings. The number of nitriles is 1. The summed E-state index contributed by atoms with van der Waals surface area (Å²) in [6, 6.07) is 14.6. The summed E-state index contributed by atoms with van der Waals surface area (Å²) in [5.74, 6) is 0.837. The van der Waals surface area contributed by atoms with Gasteiger partial charge in [-0.2, -0.15) is 9.57 Å². The van der Waals surface area contributed by atoms with Gasteiger partial charge >= 0.3 is 0 Å². The lowest BCUT2D eigenvalue weighted by Gasteiger charge is -2.25. The Balaban J connectivity index is 1.60. The number of benzene rings is 2. The molecule has 4 rings (SSSR count). The second-order valence-electron chi connectivity index (χ2n) is 7.43. The minimum Gasteiger partial charge on any atom is -0.378 e. The molecule has 0 amide bonds. The number of sulfonamides is 1. The summed E-state index contributed by atoms with van der Waals surface area (Å²) in [5.41, 5.74) is 3.12. The maximum Gasteiger partial charge on any atom is 0.243 e. The molecule has 0 bridgehead atoms. The van der Waals surface area contributed by atoms with Crippen molar-refractivity contribution in [2.75, 3.05) is 18.4 Å². The molecule has 0 saturated carbocycles. The van der Waals surface area contributed by atoms with Crippen molar-refractivity contribution in [3.05, 3.63) is 53.9 Å². The van der Waals surface area contributed by atoms with E-state index in [-0.39, 0.29) is 0 Å². The third kappa shape index (κ3) is 3.91. The molecule has 0 radical (unpaired) electrons. The number of nitrogens with one attached hydrogen (secondary N) is 1. The van der Waals surface area contributed by atoms with Crippen LogP contribution in [0, 0.1) is 11.3 Å². The second-order valence-corrected chi connectivity index (χ2v) is 9.37. The lowest BCUT2D eigenvalue weighted by Crippen LogP contribution is -2.35. The summed E-state index contributed by atoms with van der Waals surface area (Å²) >= 11 is 0. The van der Waals surface area contributed by atoms with Crippen LogP contribution in [0.3, 0.4) is 0 Å². The highest BCUT2D eigenvalue weighted by Crippen LogP contribution is 2.25. The predicted octanol–water partition coefficient (Wildman–Crippen LogP) is 3.71. The van der Waals surface area contributed by atoms with Crippen LogP contribution < -0.4 is 5.32 Å². The Hall–Kier alpha value is -2.89. The number of hydrogen-bond donors (Lipinski definition) is 1. The molecule has 2 heterocycles. The smallest absolute Gasteiger partial charge is 0.243 e. The molecular formula is C22H25N5O2S. The van der Waals surface area contributed by atoms with Gasteiger partial charge in [0.1, 0.15) is 5.82 Å². The zero-order valence-electron chi connectivity index (χ0n) is 17.0. The van der Waals surface area contributed by atoms with Crippen molar-refractivity contribution in [3.63, 3.8) is 0 Å². The molecule has 7 nitrogen and oxygen atoms in total. The summed E-state index contributed by atoms with van der Waals surface area (Å²) in [6.45, 7) is 4.46. The van der Waals surface area contributed by atoms with E-state index < -0.39 is 10.0 Å². The van der Waals surface area contributed by atoms with Crippen LogP contribution in [0.5, 0.6) is 0 Å². The predicted molar refractivity (Wildman–Crippen MR) is 117 cm³/mol. The van der Waals surface area contributed by atoms with E-state index in [0.29, 0.717) is 35.6 Å². The zero-order chi connectivity index (χ0) is 21.1. The van der Waals surface area contributed by atoms with Crippen molar-refractivity contribution in [1.29, 1.82) is 5.26 Å². The number of hydrogen-bond acceptors (Lipinski definition) is 5. The minimum absolute atomic E-state index is 0.309. The Morgan fingerprint density at radius 1 is 1.10 bits per heavy atom. The van der Waals surface area contributed by atoms with Gasteiger partial charge in [-0.1, -0.05) is 6.42 Å². The molecule has 2 aromatic carbocycles. The lowest BCUT2D eigenvalue weighted by molar-refractivity contribution is 0.346. The quantitative estimate of drug-likeness (QED) is 0.653. The molecule has 3 aromatic rings. The molecule has 1 aliphatic heterocycles. The first-order valence-electron chi connectivity index (χ1n) is 10.3. The molecule has 1 saturated heterocycles. The first-order chi connectivity index (χ1) is 14.5. The van der Waals surface area contributed by atoms with Gasteiger partial charge in [-0.05, 0) is 62.2 Å². The van der Waals surface area contributed by atoms with Crippen molar-refractivity contribution in [2.45, 2.75) is 44.2 Å². The Bertz CT molecular complexity index is 1190. The molecular weight excluding hydrogens is 398 g/mol. The van der Waals surface area contributed by atoms with Crippen LogP contribution in [0.1, 0.15) is 37.6 Å². The van der Waals surface area contributed by atoms with Crippen molar-refractivity contribution >= 4 is 26.7 Å². The number of nitrogens with zero attached hydrogens (tertiary/aromatic N) is 4. The van der Waals surface area contributed by atoms with Crippen LogP contribution in [0.25, 0.3) is 11.0 Å². The summed E-state index contributed by atoms with van der Waals surface area (Å²) in [7, 11) is -3.48. The SMILES string of the molecule is CCn1c(CNc2ccc(C#N)cc2)nc2cc(S(=O)(=O)N3CCCCC3)ccc21. The van der Waals surface area contributed by atoms with Crippen LogP contribution in [0.2, 0.25) is 0 Å². The average molecular weight is 424 g/mol. The fraction of sp³-hybridized carbons (Fsp3) is 0.364. The molecule has 0 spiro atoms. The van der Waals surface area contributed by atoms with Gasteiger partial charge in [-0.3, -0.25) is 0 Å². The third-order valence-electron chi connectivity index (χ3n) is 5.53. The zero-order valence-corrected chi connectivity index (χ0v) is 17.8. The molecule has 8 heteroatoms. The van der Waals surface area contributed by atoms with Gasteiger partial charge in [0, 0.05) is 25.3 Å². The van der Waals surface area contributed by atoms with Crippen molar-refractivity contribution in [3.8, 4) is 6.07 Å². The number of aromatic nitrogens is 2. The maximum atomic E-state index is 13.0. The van der Waals surface area contributed by atoms with Gasteiger partial charge in [0.25, 0.3) is 0 Å². The monoisotopic (exact) mass is 423 g/mol. The van der Waals surface area contributed by atoms with Gasteiger partial charge in [0.15, 0.2) is 0 Å². The van der Waals surface area contributed by atoms with Crippen molar-refractivity contribution in [2.24, 2.45) is 0 Å². The number of rotatable bonds is 6. The van der Waals surface area contributed by atoms with E-state index in [1.807, 2.05) is 25.1 Å². The van der Waals surface area contributed by atoms with Crippen molar-refractivity contribution in [1.82, 2.24) is 13.9 Å². The van der Waals surface area contributed by atoms with E-state index in [9.17, 15) is 8.42 Å². The lowest BCUT2D eigenvalue weighted by atomic mass is 10.2. The number of imidazole rings is 1. The highest BCUT2D eigenvalue weighted by Gasteiger charge is 2.26. The first-order valence-corrected chi connectivity index (χ1v) is 11.7.